The Morgan fingerprint density at radius 3 is 2.70 bits per heavy atom. The predicted molar refractivity (Wildman–Crippen MR) is 88.9 cm³/mol. The topological polar surface area (TPSA) is 47.9 Å². The van der Waals surface area contributed by atoms with Crippen LogP contribution in [0.2, 0.25) is 0 Å². The average molecular weight is 324 g/mol. The summed E-state index contributed by atoms with van der Waals surface area (Å²) in [7, 11) is 0. The van der Waals surface area contributed by atoms with E-state index in [9.17, 15) is 5.11 Å². The predicted octanol–water partition coefficient (Wildman–Crippen LogP) is 3.78. The number of ether oxygens (including phenoxy) is 3. The Kier molecular flexibility index (Phi) is 4.41. The summed E-state index contributed by atoms with van der Waals surface area (Å²) >= 11 is 0. The number of fused-ring (bicyclic) bond motifs is 2. The van der Waals surface area contributed by atoms with Crippen molar-refractivity contribution in [3.05, 3.63) is 11.1 Å². The molecule has 0 amide bonds. The molecule has 0 bridgehead atoms. The zero-order valence-electron chi connectivity index (χ0n) is 15.3. The van der Waals surface area contributed by atoms with Crippen LogP contribution in [-0.4, -0.2) is 36.0 Å². The standard InChI is InChI=1S/C19H32O4/c1-6-21-16-14(4)15-11-17(5)13(3)9-8-10-18(17,20)12-19(15,23-16)22-7-2/h13,16,20H,6-12H2,1-5H3/t13-,16-,17+,18-,19-/m0/s1. The summed E-state index contributed by atoms with van der Waals surface area (Å²) < 4.78 is 18.2. The van der Waals surface area contributed by atoms with Crippen molar-refractivity contribution in [2.24, 2.45) is 11.3 Å². The van der Waals surface area contributed by atoms with Gasteiger partial charge in [0.05, 0.1) is 5.60 Å². The van der Waals surface area contributed by atoms with Gasteiger partial charge in [-0.25, -0.2) is 0 Å². The fourth-order valence-electron chi connectivity index (χ4n) is 5.06. The van der Waals surface area contributed by atoms with Gasteiger partial charge in [-0.2, -0.15) is 0 Å². The van der Waals surface area contributed by atoms with E-state index >= 15 is 0 Å². The summed E-state index contributed by atoms with van der Waals surface area (Å²) in [5.74, 6) is -0.309. The fourth-order valence-corrected chi connectivity index (χ4v) is 5.06. The van der Waals surface area contributed by atoms with Crippen LogP contribution >= 0.6 is 0 Å². The molecule has 1 N–H and O–H groups in total. The molecule has 3 aliphatic rings. The molecule has 23 heavy (non-hydrogen) atoms. The van der Waals surface area contributed by atoms with E-state index in [4.69, 9.17) is 14.2 Å². The first-order valence-electron chi connectivity index (χ1n) is 9.18. The van der Waals surface area contributed by atoms with Gasteiger partial charge in [-0.1, -0.05) is 20.3 Å². The van der Waals surface area contributed by atoms with Crippen LogP contribution in [0.4, 0.5) is 0 Å². The highest BCUT2D eigenvalue weighted by Crippen LogP contribution is 2.62. The quantitative estimate of drug-likeness (QED) is 0.800. The third kappa shape index (κ3) is 2.41. The summed E-state index contributed by atoms with van der Waals surface area (Å²) in [5.41, 5.74) is 1.50. The number of hydrogen-bond acceptors (Lipinski definition) is 4. The Labute approximate surface area is 140 Å². The molecule has 5 atom stereocenters. The van der Waals surface area contributed by atoms with Gasteiger partial charge in [0.1, 0.15) is 0 Å². The molecule has 2 fully saturated rings. The molecule has 3 rings (SSSR count). The number of aliphatic hydroxyl groups is 1. The SMILES string of the molecule is CCO[C@H]1O[C@@]2(OCC)C[C@@]3(O)CCC[C@H](C)[C@@]3(C)CC2=C1C. The van der Waals surface area contributed by atoms with Crippen molar-refractivity contribution in [2.45, 2.75) is 84.4 Å². The Bertz CT molecular complexity index is 502. The van der Waals surface area contributed by atoms with Gasteiger partial charge >= 0.3 is 0 Å². The molecular formula is C19H32O4. The Hall–Kier alpha value is -0.420. The first-order valence-corrected chi connectivity index (χ1v) is 9.18. The van der Waals surface area contributed by atoms with Crippen molar-refractivity contribution in [1.82, 2.24) is 0 Å². The van der Waals surface area contributed by atoms with Crippen LogP contribution in [0.3, 0.4) is 0 Å². The highest BCUT2D eigenvalue weighted by Gasteiger charge is 2.64. The van der Waals surface area contributed by atoms with E-state index in [1.807, 2.05) is 13.8 Å². The van der Waals surface area contributed by atoms with Crippen molar-refractivity contribution in [1.29, 1.82) is 0 Å². The molecular weight excluding hydrogens is 292 g/mol. The van der Waals surface area contributed by atoms with Gasteiger partial charge in [0.2, 0.25) is 0 Å². The fraction of sp³-hybridized carbons (Fsp3) is 0.895. The molecule has 2 aliphatic carbocycles. The van der Waals surface area contributed by atoms with Crippen molar-refractivity contribution in [3.63, 3.8) is 0 Å². The van der Waals surface area contributed by atoms with E-state index in [0.717, 1.165) is 24.8 Å². The first kappa shape index (κ1) is 17.4. The molecule has 4 nitrogen and oxygen atoms in total. The molecule has 0 aromatic carbocycles. The maximum atomic E-state index is 11.5. The van der Waals surface area contributed by atoms with Crippen LogP contribution in [0.1, 0.15) is 66.7 Å². The lowest BCUT2D eigenvalue weighted by Gasteiger charge is -2.59. The molecule has 1 aliphatic heterocycles. The minimum absolute atomic E-state index is 0.118. The zero-order valence-corrected chi connectivity index (χ0v) is 15.3. The largest absolute Gasteiger partial charge is 0.389 e. The van der Waals surface area contributed by atoms with E-state index in [1.165, 1.54) is 12.0 Å². The highest BCUT2D eigenvalue weighted by molar-refractivity contribution is 5.34. The Balaban J connectivity index is 2.03. The summed E-state index contributed by atoms with van der Waals surface area (Å²) in [6.07, 6.45) is 4.09. The second-order valence-corrected chi connectivity index (χ2v) is 7.85. The molecule has 0 unspecified atom stereocenters. The molecule has 4 heteroatoms. The Morgan fingerprint density at radius 2 is 2.04 bits per heavy atom. The van der Waals surface area contributed by atoms with Gasteiger partial charge in [-0.05, 0) is 57.1 Å². The van der Waals surface area contributed by atoms with Gasteiger partial charge in [-0.15, -0.1) is 0 Å². The van der Waals surface area contributed by atoms with Crippen molar-refractivity contribution >= 4 is 0 Å². The second kappa shape index (κ2) is 5.83. The lowest BCUT2D eigenvalue weighted by atomic mass is 9.51. The van der Waals surface area contributed by atoms with E-state index in [-0.39, 0.29) is 11.7 Å². The molecule has 0 aromatic rings. The van der Waals surface area contributed by atoms with Gasteiger partial charge < -0.3 is 19.3 Å². The van der Waals surface area contributed by atoms with Gasteiger partial charge in [0.25, 0.3) is 0 Å². The molecule has 1 heterocycles. The van der Waals surface area contributed by atoms with E-state index in [2.05, 4.69) is 20.8 Å². The minimum atomic E-state index is -0.802. The van der Waals surface area contributed by atoms with Crippen LogP contribution in [0.5, 0.6) is 0 Å². The van der Waals surface area contributed by atoms with Gasteiger partial charge in [-0.3, -0.25) is 0 Å². The smallest absolute Gasteiger partial charge is 0.197 e. The van der Waals surface area contributed by atoms with Crippen LogP contribution in [0.15, 0.2) is 11.1 Å². The molecule has 0 spiro atoms. The van der Waals surface area contributed by atoms with Crippen LogP contribution < -0.4 is 0 Å². The lowest BCUT2D eigenvalue weighted by molar-refractivity contribution is -0.306. The van der Waals surface area contributed by atoms with Crippen LogP contribution in [-0.2, 0) is 14.2 Å². The van der Waals surface area contributed by atoms with Crippen LogP contribution in [0, 0.1) is 11.3 Å². The monoisotopic (exact) mass is 324 g/mol. The first-order chi connectivity index (χ1) is 10.8. The van der Waals surface area contributed by atoms with Crippen LogP contribution in [0.25, 0.3) is 0 Å². The number of rotatable bonds is 4. The highest BCUT2D eigenvalue weighted by atomic mass is 16.8. The molecule has 132 valence electrons. The van der Waals surface area contributed by atoms with Crippen molar-refractivity contribution < 1.29 is 19.3 Å². The molecule has 0 radical (unpaired) electrons. The molecule has 0 saturated heterocycles. The minimum Gasteiger partial charge on any atom is -0.389 e. The summed E-state index contributed by atoms with van der Waals surface area (Å²) in [4.78, 5) is 0. The average Bonchev–Trinajstić information content (AvgIpc) is 2.72. The third-order valence-electron chi connectivity index (χ3n) is 6.73. The summed E-state index contributed by atoms with van der Waals surface area (Å²) in [6, 6.07) is 0. The van der Waals surface area contributed by atoms with Gasteiger partial charge in [0, 0.05) is 25.0 Å². The maximum Gasteiger partial charge on any atom is 0.197 e. The third-order valence-corrected chi connectivity index (χ3v) is 6.73. The normalized spacial score (nSPS) is 46.7. The second-order valence-electron chi connectivity index (χ2n) is 7.85. The lowest BCUT2D eigenvalue weighted by Crippen LogP contribution is -2.62. The van der Waals surface area contributed by atoms with Crippen molar-refractivity contribution in [3.8, 4) is 0 Å². The maximum absolute atomic E-state index is 11.5. The summed E-state index contributed by atoms with van der Waals surface area (Å²) in [6.45, 7) is 11.8. The summed E-state index contributed by atoms with van der Waals surface area (Å²) in [5, 5.41) is 11.5. The van der Waals surface area contributed by atoms with Crippen molar-refractivity contribution in [2.75, 3.05) is 13.2 Å². The Morgan fingerprint density at radius 1 is 1.30 bits per heavy atom. The van der Waals surface area contributed by atoms with E-state index in [1.54, 1.807) is 0 Å². The number of hydrogen-bond donors (Lipinski definition) is 1. The zero-order chi connectivity index (χ0) is 16.9. The van der Waals surface area contributed by atoms with Gasteiger partial charge in [0.15, 0.2) is 12.1 Å². The van der Waals surface area contributed by atoms with E-state index in [0.29, 0.717) is 25.6 Å². The van der Waals surface area contributed by atoms with E-state index < -0.39 is 11.4 Å². The molecule has 0 aromatic heterocycles. The molecule has 2 saturated carbocycles.